The van der Waals surface area contributed by atoms with Gasteiger partial charge < -0.3 is 10.1 Å². The average Bonchev–Trinajstić information content (AvgIpc) is 3.01. The number of carbonyl (C=O) groups excluding carboxylic acids is 2. The third kappa shape index (κ3) is 4.98. The van der Waals surface area contributed by atoms with Gasteiger partial charge in [0.2, 0.25) is 0 Å². The van der Waals surface area contributed by atoms with Gasteiger partial charge in [-0.3, -0.25) is 4.79 Å². The van der Waals surface area contributed by atoms with Crippen LogP contribution in [0.1, 0.15) is 38.0 Å². The first-order valence-electron chi connectivity index (χ1n) is 7.74. The minimum Gasteiger partial charge on any atom is -0.452 e. The van der Waals surface area contributed by atoms with Crippen LogP contribution in [0.3, 0.4) is 0 Å². The van der Waals surface area contributed by atoms with Gasteiger partial charge in [-0.05, 0) is 35.8 Å². The van der Waals surface area contributed by atoms with Gasteiger partial charge in [0, 0.05) is 17.0 Å². The Hall–Kier alpha value is -1.62. The van der Waals surface area contributed by atoms with Crippen molar-refractivity contribution in [3.8, 4) is 0 Å². The lowest BCUT2D eigenvalue weighted by Gasteiger charge is -2.34. The second-order valence-corrected chi connectivity index (χ2v) is 6.88. The van der Waals surface area contributed by atoms with E-state index in [0.29, 0.717) is 11.8 Å². The molecular formula is C17H23NO3S. The predicted octanol–water partition coefficient (Wildman–Crippen LogP) is 3.25. The van der Waals surface area contributed by atoms with Crippen LogP contribution in [0, 0.1) is 11.8 Å². The highest BCUT2D eigenvalue weighted by Crippen LogP contribution is 2.29. The van der Waals surface area contributed by atoms with Crippen LogP contribution >= 0.6 is 11.3 Å². The molecule has 0 unspecified atom stereocenters. The van der Waals surface area contributed by atoms with Crippen LogP contribution in [0.5, 0.6) is 0 Å². The van der Waals surface area contributed by atoms with Crippen LogP contribution in [0.15, 0.2) is 23.6 Å². The van der Waals surface area contributed by atoms with E-state index in [1.165, 1.54) is 23.8 Å². The van der Waals surface area contributed by atoms with Crippen molar-refractivity contribution in [2.45, 2.75) is 39.2 Å². The Labute approximate surface area is 135 Å². The Morgan fingerprint density at radius 3 is 2.95 bits per heavy atom. The molecule has 1 fully saturated rings. The van der Waals surface area contributed by atoms with E-state index >= 15 is 0 Å². The highest BCUT2D eigenvalue weighted by molar-refractivity contribution is 7.10. The first-order valence-corrected chi connectivity index (χ1v) is 8.62. The Morgan fingerprint density at radius 1 is 1.41 bits per heavy atom. The Bertz CT molecular complexity index is 524. The Kier molecular flexibility index (Phi) is 6.19. The summed E-state index contributed by atoms with van der Waals surface area (Å²) in [6.07, 6.45) is 6.40. The normalized spacial score (nSPS) is 25.1. The third-order valence-electron chi connectivity index (χ3n) is 4.33. The van der Waals surface area contributed by atoms with E-state index < -0.39 is 5.97 Å². The summed E-state index contributed by atoms with van der Waals surface area (Å²) in [6.45, 7) is 4.17. The van der Waals surface area contributed by atoms with Crippen molar-refractivity contribution >= 4 is 29.3 Å². The minimum atomic E-state index is -0.492. The largest absolute Gasteiger partial charge is 0.452 e. The maximum absolute atomic E-state index is 11.9. The predicted molar refractivity (Wildman–Crippen MR) is 88.4 cm³/mol. The number of hydrogen-bond acceptors (Lipinski definition) is 4. The van der Waals surface area contributed by atoms with Gasteiger partial charge in [-0.1, -0.05) is 32.8 Å². The van der Waals surface area contributed by atoms with Crippen molar-refractivity contribution in [2.75, 3.05) is 6.61 Å². The molecule has 1 aliphatic carbocycles. The van der Waals surface area contributed by atoms with Gasteiger partial charge in [0.1, 0.15) is 0 Å². The molecular weight excluding hydrogens is 298 g/mol. The summed E-state index contributed by atoms with van der Waals surface area (Å²) < 4.78 is 4.97. The molecule has 1 amide bonds. The maximum Gasteiger partial charge on any atom is 0.331 e. The quantitative estimate of drug-likeness (QED) is 0.669. The molecule has 0 saturated heterocycles. The molecule has 0 aliphatic heterocycles. The monoisotopic (exact) mass is 321 g/mol. The van der Waals surface area contributed by atoms with Gasteiger partial charge in [-0.2, -0.15) is 0 Å². The SMILES string of the molecule is C[C@@H]1[C@H](C)CCC[C@@H]1NC(=O)COC(=O)/C=C/c1cccs1. The molecule has 22 heavy (non-hydrogen) atoms. The van der Waals surface area contributed by atoms with E-state index in [-0.39, 0.29) is 18.6 Å². The highest BCUT2D eigenvalue weighted by atomic mass is 32.1. The van der Waals surface area contributed by atoms with E-state index in [1.807, 2.05) is 17.5 Å². The third-order valence-corrected chi connectivity index (χ3v) is 5.16. The topological polar surface area (TPSA) is 55.4 Å². The van der Waals surface area contributed by atoms with Crippen molar-refractivity contribution in [1.82, 2.24) is 5.32 Å². The summed E-state index contributed by atoms with van der Waals surface area (Å²) in [5.41, 5.74) is 0. The molecule has 0 bridgehead atoms. The molecule has 120 valence electrons. The summed E-state index contributed by atoms with van der Waals surface area (Å²) in [4.78, 5) is 24.4. The number of amides is 1. The number of nitrogens with one attached hydrogen (secondary N) is 1. The summed E-state index contributed by atoms with van der Waals surface area (Å²) in [5, 5.41) is 4.92. The molecule has 1 heterocycles. The highest BCUT2D eigenvalue weighted by Gasteiger charge is 2.28. The van der Waals surface area contributed by atoms with Crippen LogP contribution in [-0.4, -0.2) is 24.5 Å². The van der Waals surface area contributed by atoms with Gasteiger partial charge >= 0.3 is 5.97 Å². The molecule has 1 saturated carbocycles. The molecule has 1 N–H and O–H groups in total. The fourth-order valence-electron chi connectivity index (χ4n) is 2.76. The molecule has 0 radical (unpaired) electrons. The van der Waals surface area contributed by atoms with Crippen LogP contribution in [0.25, 0.3) is 6.08 Å². The molecule has 1 aliphatic rings. The van der Waals surface area contributed by atoms with E-state index in [1.54, 1.807) is 6.08 Å². The number of hydrogen-bond donors (Lipinski definition) is 1. The Balaban J connectivity index is 1.72. The second-order valence-electron chi connectivity index (χ2n) is 5.90. The summed E-state index contributed by atoms with van der Waals surface area (Å²) in [5.74, 6) is 0.375. The zero-order valence-corrected chi connectivity index (χ0v) is 13.9. The number of rotatable bonds is 5. The van der Waals surface area contributed by atoms with Crippen molar-refractivity contribution in [2.24, 2.45) is 11.8 Å². The molecule has 2 rings (SSSR count). The minimum absolute atomic E-state index is 0.191. The molecule has 4 nitrogen and oxygen atoms in total. The van der Waals surface area contributed by atoms with Crippen LogP contribution in [0.4, 0.5) is 0 Å². The van der Waals surface area contributed by atoms with Gasteiger partial charge in [0.25, 0.3) is 5.91 Å². The molecule has 3 atom stereocenters. The molecule has 1 aromatic heterocycles. The lowest BCUT2D eigenvalue weighted by Crippen LogP contribution is -2.45. The Morgan fingerprint density at radius 2 is 2.23 bits per heavy atom. The van der Waals surface area contributed by atoms with Gasteiger partial charge in [0.15, 0.2) is 6.61 Å². The molecule has 0 aromatic carbocycles. The van der Waals surface area contributed by atoms with Crippen molar-refractivity contribution in [3.63, 3.8) is 0 Å². The number of esters is 1. The van der Waals surface area contributed by atoms with E-state index in [9.17, 15) is 9.59 Å². The maximum atomic E-state index is 11.9. The summed E-state index contributed by atoms with van der Waals surface area (Å²) >= 11 is 1.54. The first-order chi connectivity index (χ1) is 10.6. The zero-order valence-electron chi connectivity index (χ0n) is 13.1. The van der Waals surface area contributed by atoms with Crippen molar-refractivity contribution in [3.05, 3.63) is 28.5 Å². The van der Waals surface area contributed by atoms with Crippen molar-refractivity contribution < 1.29 is 14.3 Å². The van der Waals surface area contributed by atoms with Crippen molar-refractivity contribution in [1.29, 1.82) is 0 Å². The van der Waals surface area contributed by atoms with E-state index in [4.69, 9.17) is 4.74 Å². The van der Waals surface area contributed by atoms with Gasteiger partial charge in [0.05, 0.1) is 0 Å². The molecule has 0 spiro atoms. The van der Waals surface area contributed by atoms with Crippen LogP contribution < -0.4 is 5.32 Å². The standard InChI is InChI=1S/C17H23NO3S/c1-12-5-3-7-15(13(12)2)18-16(19)11-21-17(20)9-8-14-6-4-10-22-14/h4,6,8-10,12-13,15H,3,5,7,11H2,1-2H3,(H,18,19)/b9-8+/t12-,13-,15+/m1/s1. The molecule has 5 heteroatoms. The second kappa shape index (κ2) is 8.13. The van der Waals surface area contributed by atoms with Gasteiger partial charge in [-0.25, -0.2) is 4.79 Å². The number of thiophene rings is 1. The van der Waals surface area contributed by atoms with Gasteiger partial charge in [-0.15, -0.1) is 11.3 Å². The fourth-order valence-corrected chi connectivity index (χ4v) is 3.37. The number of carbonyl (C=O) groups is 2. The fraction of sp³-hybridized carbons (Fsp3) is 0.529. The number of ether oxygens (including phenoxy) is 1. The summed E-state index contributed by atoms with van der Waals surface area (Å²) in [6, 6.07) is 4.01. The first kappa shape index (κ1) is 16.7. The molecule has 1 aromatic rings. The lowest BCUT2D eigenvalue weighted by molar-refractivity contribution is -0.144. The van der Waals surface area contributed by atoms with Crippen LogP contribution in [-0.2, 0) is 14.3 Å². The summed E-state index contributed by atoms with van der Waals surface area (Å²) in [7, 11) is 0. The van der Waals surface area contributed by atoms with E-state index in [0.717, 1.165) is 17.7 Å². The lowest BCUT2D eigenvalue weighted by atomic mass is 9.78. The zero-order chi connectivity index (χ0) is 15.9. The average molecular weight is 321 g/mol. The van der Waals surface area contributed by atoms with Crippen LogP contribution in [0.2, 0.25) is 0 Å². The smallest absolute Gasteiger partial charge is 0.331 e. The van der Waals surface area contributed by atoms with E-state index in [2.05, 4.69) is 19.2 Å².